The van der Waals surface area contributed by atoms with Crippen molar-refractivity contribution in [1.29, 1.82) is 0 Å². The summed E-state index contributed by atoms with van der Waals surface area (Å²) in [5, 5.41) is 14.7. The van der Waals surface area contributed by atoms with Crippen LogP contribution in [0.5, 0.6) is 5.88 Å². The van der Waals surface area contributed by atoms with Crippen LogP contribution in [0.25, 0.3) is 0 Å². The first-order valence-corrected chi connectivity index (χ1v) is 16.7. The first-order chi connectivity index (χ1) is 21.5. The van der Waals surface area contributed by atoms with Crippen LogP contribution in [-0.2, 0) is 20.8 Å². The summed E-state index contributed by atoms with van der Waals surface area (Å²) in [6, 6.07) is 23.9. The number of carboxylic acid groups (broad SMARTS) is 1. The van der Waals surface area contributed by atoms with E-state index in [-0.39, 0.29) is 53.1 Å². The molecule has 2 aromatic carbocycles. The number of hydrogen-bond donors (Lipinski definition) is 2. The number of amides is 2. The lowest BCUT2D eigenvalue weighted by atomic mass is 9.87. The molecule has 0 bridgehead atoms. The van der Waals surface area contributed by atoms with E-state index in [1.807, 2.05) is 53.9 Å². The maximum Gasteiger partial charge on any atom is 0.352 e. The molecule has 4 aromatic rings. The van der Waals surface area contributed by atoms with Crippen molar-refractivity contribution in [1.82, 2.24) is 20.2 Å². The van der Waals surface area contributed by atoms with Gasteiger partial charge in [-0.25, -0.2) is 14.8 Å². The Balaban J connectivity index is 1.15. The molecule has 9 nitrogen and oxygen atoms in total. The SMILES string of the molecule is O=C(Cc1cccs1)NCOc1nccnc1SC[C@@H]1C(=O)N2C(C(=O)O)=CC(C(c3ccccc3)c3ccccc3)S[C@H]12. The van der Waals surface area contributed by atoms with Crippen LogP contribution in [0.3, 0.4) is 0 Å². The summed E-state index contributed by atoms with van der Waals surface area (Å²) in [6.07, 6.45) is 5.03. The highest BCUT2D eigenvalue weighted by Crippen LogP contribution is 2.50. The highest BCUT2D eigenvalue weighted by molar-refractivity contribution is 8.01. The number of carboxylic acids is 1. The second-order valence-electron chi connectivity index (χ2n) is 10.1. The van der Waals surface area contributed by atoms with Crippen LogP contribution in [0.15, 0.2) is 107 Å². The number of aromatic nitrogens is 2. The number of carbonyl (C=O) groups is 3. The average Bonchev–Trinajstić information content (AvgIpc) is 3.55. The van der Waals surface area contributed by atoms with Crippen LogP contribution in [0.4, 0.5) is 0 Å². The molecule has 1 fully saturated rings. The van der Waals surface area contributed by atoms with E-state index < -0.39 is 11.9 Å². The molecular weight excluding hydrogens is 617 g/mol. The lowest BCUT2D eigenvalue weighted by Crippen LogP contribution is -2.62. The molecule has 4 heterocycles. The molecule has 44 heavy (non-hydrogen) atoms. The number of benzene rings is 2. The third kappa shape index (κ3) is 6.52. The minimum Gasteiger partial charge on any atom is -0.477 e. The van der Waals surface area contributed by atoms with Gasteiger partial charge in [0.25, 0.3) is 0 Å². The van der Waals surface area contributed by atoms with Crippen molar-refractivity contribution in [3.8, 4) is 5.88 Å². The number of rotatable bonds is 12. The van der Waals surface area contributed by atoms with Crippen molar-refractivity contribution in [2.45, 2.75) is 28.0 Å². The Morgan fingerprint density at radius 2 is 1.70 bits per heavy atom. The van der Waals surface area contributed by atoms with Gasteiger partial charge in [0.15, 0.2) is 11.8 Å². The number of fused-ring (bicyclic) bond motifs is 1. The molecule has 3 atom stereocenters. The molecule has 12 heteroatoms. The molecule has 2 N–H and O–H groups in total. The summed E-state index contributed by atoms with van der Waals surface area (Å²) in [5.41, 5.74) is 2.17. The molecule has 2 aliphatic heterocycles. The number of thiophene rings is 1. The molecule has 1 saturated heterocycles. The molecule has 0 saturated carbocycles. The van der Waals surface area contributed by atoms with Crippen molar-refractivity contribution >= 4 is 52.6 Å². The van der Waals surface area contributed by atoms with E-state index in [9.17, 15) is 19.5 Å². The van der Waals surface area contributed by atoms with Gasteiger partial charge < -0.3 is 15.2 Å². The van der Waals surface area contributed by atoms with Crippen molar-refractivity contribution in [2.75, 3.05) is 12.5 Å². The van der Waals surface area contributed by atoms with Crippen LogP contribution in [0.1, 0.15) is 21.9 Å². The van der Waals surface area contributed by atoms with Crippen LogP contribution in [-0.4, -0.2) is 60.9 Å². The molecule has 2 amide bonds. The van der Waals surface area contributed by atoms with Crippen molar-refractivity contribution in [2.24, 2.45) is 5.92 Å². The Hall–Kier alpha value is -4.13. The van der Waals surface area contributed by atoms with E-state index in [1.165, 1.54) is 34.2 Å². The van der Waals surface area contributed by atoms with E-state index in [0.29, 0.717) is 10.8 Å². The number of aliphatic carboxylic acids is 1. The third-order valence-corrected chi connectivity index (χ3v) is 10.8. The number of β-lactam (4-membered cyclic amide) rings is 1. The van der Waals surface area contributed by atoms with Crippen molar-refractivity contribution in [3.63, 3.8) is 0 Å². The van der Waals surface area contributed by atoms with Crippen molar-refractivity contribution in [3.05, 3.63) is 118 Å². The van der Waals surface area contributed by atoms with Gasteiger partial charge in [-0.15, -0.1) is 23.1 Å². The zero-order valence-electron chi connectivity index (χ0n) is 23.3. The molecule has 224 valence electrons. The summed E-state index contributed by atoms with van der Waals surface area (Å²) < 4.78 is 5.73. The van der Waals surface area contributed by atoms with Crippen molar-refractivity contribution < 1.29 is 24.2 Å². The molecular formula is C32H28N4O5S3. The quantitative estimate of drug-likeness (QED) is 0.124. The maximum absolute atomic E-state index is 13.3. The Labute approximate surface area is 266 Å². The Morgan fingerprint density at radius 3 is 2.36 bits per heavy atom. The Kier molecular flexibility index (Phi) is 9.29. The standard InChI is InChI=1S/C32H28N4O5S3/c37-26(16-22-12-7-15-42-22)35-19-41-28-29(34-14-13-33-28)43-18-23-30(38)36-24(32(39)40)17-25(44-31(23)36)27(20-8-3-1-4-9-20)21-10-5-2-6-11-21/h1-15,17,23,25,27,31H,16,18-19H2,(H,35,37)(H,39,40)/t23-,25?,31-/m1/s1. The van der Waals surface area contributed by atoms with E-state index in [1.54, 1.807) is 24.0 Å². The molecule has 2 aliphatic rings. The van der Waals surface area contributed by atoms with Gasteiger partial charge in [0, 0.05) is 34.2 Å². The highest BCUT2D eigenvalue weighted by Gasteiger charge is 2.54. The number of carbonyl (C=O) groups excluding carboxylic acids is 2. The highest BCUT2D eigenvalue weighted by atomic mass is 32.2. The predicted octanol–water partition coefficient (Wildman–Crippen LogP) is 5.03. The first-order valence-electron chi connectivity index (χ1n) is 13.9. The van der Waals surface area contributed by atoms with Gasteiger partial charge in [0.2, 0.25) is 17.7 Å². The van der Waals surface area contributed by atoms with E-state index in [4.69, 9.17) is 4.74 Å². The molecule has 6 rings (SSSR count). The van der Waals surface area contributed by atoms with Gasteiger partial charge in [0.1, 0.15) is 5.70 Å². The smallest absolute Gasteiger partial charge is 0.352 e. The fourth-order valence-corrected chi connectivity index (χ4v) is 8.87. The lowest BCUT2D eigenvalue weighted by Gasteiger charge is -2.51. The summed E-state index contributed by atoms with van der Waals surface area (Å²) in [7, 11) is 0. The van der Waals surface area contributed by atoms with E-state index in [2.05, 4.69) is 39.6 Å². The summed E-state index contributed by atoms with van der Waals surface area (Å²) in [5.74, 6) is -1.42. The van der Waals surface area contributed by atoms with Crippen LogP contribution in [0, 0.1) is 5.92 Å². The number of ether oxygens (including phenoxy) is 1. The zero-order chi connectivity index (χ0) is 30.5. The average molecular weight is 645 g/mol. The van der Waals surface area contributed by atoms with Gasteiger partial charge in [-0.1, -0.05) is 78.5 Å². The summed E-state index contributed by atoms with van der Waals surface area (Å²) >= 11 is 4.45. The molecule has 0 aliphatic carbocycles. The molecule has 0 spiro atoms. The lowest BCUT2D eigenvalue weighted by molar-refractivity contribution is -0.151. The number of thioether (sulfide) groups is 2. The number of nitrogens with one attached hydrogen (secondary N) is 1. The van der Waals surface area contributed by atoms with E-state index >= 15 is 0 Å². The topological polar surface area (TPSA) is 122 Å². The van der Waals surface area contributed by atoms with Gasteiger partial charge in [-0.2, -0.15) is 0 Å². The summed E-state index contributed by atoms with van der Waals surface area (Å²) in [6.45, 7) is -0.0696. The fraction of sp³-hybridized carbons (Fsp3) is 0.219. The van der Waals surface area contributed by atoms with Crippen LogP contribution >= 0.6 is 34.9 Å². The normalized spacial score (nSPS) is 19.1. The third-order valence-electron chi connectivity index (χ3n) is 7.32. The minimum atomic E-state index is -1.12. The second kappa shape index (κ2) is 13.7. The minimum absolute atomic E-state index is 0.0173. The largest absolute Gasteiger partial charge is 0.477 e. The molecule has 1 unspecified atom stereocenters. The van der Waals surface area contributed by atoms with Gasteiger partial charge in [-0.05, 0) is 28.6 Å². The zero-order valence-corrected chi connectivity index (χ0v) is 25.8. The van der Waals surface area contributed by atoms with E-state index in [0.717, 1.165) is 16.0 Å². The van der Waals surface area contributed by atoms with Gasteiger partial charge >= 0.3 is 5.97 Å². The predicted molar refractivity (Wildman–Crippen MR) is 170 cm³/mol. The van der Waals surface area contributed by atoms with Gasteiger partial charge in [0.05, 0.1) is 17.7 Å². The molecule has 0 radical (unpaired) electrons. The van der Waals surface area contributed by atoms with Crippen LogP contribution < -0.4 is 10.1 Å². The molecule has 2 aromatic heterocycles. The monoisotopic (exact) mass is 644 g/mol. The number of nitrogens with zero attached hydrogens (tertiary/aromatic N) is 3. The Morgan fingerprint density at radius 1 is 1.00 bits per heavy atom. The summed E-state index contributed by atoms with van der Waals surface area (Å²) in [4.78, 5) is 48.9. The first kappa shape index (κ1) is 29.9. The Bertz CT molecular complexity index is 1610. The van der Waals surface area contributed by atoms with Gasteiger partial charge in [-0.3, -0.25) is 14.5 Å². The maximum atomic E-state index is 13.3. The second-order valence-corrected chi connectivity index (χ2v) is 13.4. The fourth-order valence-electron chi connectivity index (χ4n) is 5.26. The number of hydrogen-bond acceptors (Lipinski definition) is 9. The van der Waals surface area contributed by atoms with Crippen LogP contribution in [0.2, 0.25) is 0 Å².